The third-order valence-electron chi connectivity index (χ3n) is 1.63. The molecule has 0 unspecified atom stereocenters. The van der Waals surface area contributed by atoms with Gasteiger partial charge in [-0.05, 0) is 24.6 Å². The van der Waals surface area contributed by atoms with Crippen LogP contribution in [0.5, 0.6) is 0 Å². The molecule has 72 valence electrons. The summed E-state index contributed by atoms with van der Waals surface area (Å²) in [6, 6.07) is 3.87. The molecule has 1 heterocycles. The van der Waals surface area contributed by atoms with Crippen LogP contribution >= 0.6 is 11.6 Å². The van der Waals surface area contributed by atoms with Gasteiger partial charge in [0, 0.05) is 25.3 Å². The average Bonchev–Trinajstić information content (AvgIpc) is 2.03. The van der Waals surface area contributed by atoms with Crippen LogP contribution in [0.15, 0.2) is 12.1 Å². The van der Waals surface area contributed by atoms with Gasteiger partial charge in [0.1, 0.15) is 5.15 Å². The van der Waals surface area contributed by atoms with Crippen LogP contribution in [0.25, 0.3) is 0 Å². The number of hydrogen-bond acceptors (Lipinski definition) is 3. The van der Waals surface area contributed by atoms with Crippen molar-refractivity contribution in [3.63, 3.8) is 0 Å². The molecule has 0 aromatic carbocycles. The van der Waals surface area contributed by atoms with Crippen LogP contribution in [0.1, 0.15) is 11.3 Å². The van der Waals surface area contributed by atoms with Gasteiger partial charge in [0.15, 0.2) is 0 Å². The summed E-state index contributed by atoms with van der Waals surface area (Å²) in [5, 5.41) is 3.74. The van der Waals surface area contributed by atoms with E-state index in [-0.39, 0.29) is 0 Å². The highest BCUT2D eigenvalue weighted by atomic mass is 35.5. The van der Waals surface area contributed by atoms with Crippen LogP contribution in [0.2, 0.25) is 5.15 Å². The number of nitrogens with zero attached hydrogens (tertiary/aromatic N) is 1. The highest BCUT2D eigenvalue weighted by Gasteiger charge is 1.97. The highest BCUT2D eigenvalue weighted by molar-refractivity contribution is 6.29. The van der Waals surface area contributed by atoms with Crippen molar-refractivity contribution < 1.29 is 0 Å². The van der Waals surface area contributed by atoms with E-state index in [1.807, 2.05) is 19.1 Å². The lowest BCUT2D eigenvalue weighted by Gasteiger charge is -2.04. The molecule has 0 aliphatic carbocycles. The van der Waals surface area contributed by atoms with Crippen molar-refractivity contribution in [2.75, 3.05) is 13.1 Å². The summed E-state index contributed by atoms with van der Waals surface area (Å²) in [5.41, 5.74) is 7.44. The minimum absolute atomic E-state index is 0.546. The fourth-order valence-electron chi connectivity index (χ4n) is 1.13. The molecule has 4 heteroatoms. The zero-order valence-electron chi connectivity index (χ0n) is 7.68. The van der Waals surface area contributed by atoms with Crippen LogP contribution in [0, 0.1) is 6.92 Å². The second-order valence-corrected chi connectivity index (χ2v) is 3.29. The molecule has 3 N–H and O–H groups in total. The summed E-state index contributed by atoms with van der Waals surface area (Å²) in [5.74, 6) is 0. The lowest BCUT2D eigenvalue weighted by atomic mass is 10.2. The summed E-state index contributed by atoms with van der Waals surface area (Å²) in [6.45, 7) is 4.19. The Labute approximate surface area is 83.3 Å². The lowest BCUT2D eigenvalue weighted by Crippen LogP contribution is -2.21. The second-order valence-electron chi connectivity index (χ2n) is 2.90. The standard InChI is InChI=1S/C9H14ClN3/c1-7-4-8(5-9(10)13-7)6-12-3-2-11/h4-5,12H,2-3,6,11H2,1H3. The topological polar surface area (TPSA) is 50.9 Å². The fraction of sp³-hybridized carbons (Fsp3) is 0.444. The Morgan fingerprint density at radius 1 is 1.54 bits per heavy atom. The van der Waals surface area contributed by atoms with Crippen LogP contribution in [0.4, 0.5) is 0 Å². The van der Waals surface area contributed by atoms with Crippen molar-refractivity contribution in [2.24, 2.45) is 5.73 Å². The van der Waals surface area contributed by atoms with Gasteiger partial charge in [-0.3, -0.25) is 0 Å². The van der Waals surface area contributed by atoms with Crippen molar-refractivity contribution in [1.82, 2.24) is 10.3 Å². The summed E-state index contributed by atoms with van der Waals surface area (Å²) < 4.78 is 0. The quantitative estimate of drug-likeness (QED) is 0.564. The van der Waals surface area contributed by atoms with Gasteiger partial charge in [-0.1, -0.05) is 11.6 Å². The Bertz CT molecular complexity index is 255. The summed E-state index contributed by atoms with van der Waals surface area (Å²) in [7, 11) is 0. The molecule has 0 saturated heterocycles. The Morgan fingerprint density at radius 2 is 2.31 bits per heavy atom. The largest absolute Gasteiger partial charge is 0.329 e. The van der Waals surface area contributed by atoms with Gasteiger partial charge in [0.2, 0.25) is 0 Å². The van der Waals surface area contributed by atoms with E-state index in [1.165, 1.54) is 0 Å². The Kier molecular flexibility index (Phi) is 4.15. The number of aryl methyl sites for hydroxylation is 1. The number of aromatic nitrogens is 1. The molecule has 0 bridgehead atoms. The van der Waals surface area contributed by atoms with E-state index in [1.54, 1.807) is 0 Å². The van der Waals surface area contributed by atoms with Crippen LogP contribution in [-0.4, -0.2) is 18.1 Å². The fourth-order valence-corrected chi connectivity index (χ4v) is 1.41. The molecule has 0 radical (unpaired) electrons. The molecule has 1 aromatic rings. The third kappa shape index (κ3) is 3.72. The van der Waals surface area contributed by atoms with Gasteiger partial charge in [-0.25, -0.2) is 4.98 Å². The Hall–Kier alpha value is -0.640. The molecule has 0 amide bonds. The highest BCUT2D eigenvalue weighted by Crippen LogP contribution is 2.09. The number of nitrogens with one attached hydrogen (secondary N) is 1. The molecule has 3 nitrogen and oxygen atoms in total. The maximum Gasteiger partial charge on any atom is 0.129 e. The summed E-state index contributed by atoms with van der Waals surface area (Å²) in [4.78, 5) is 4.08. The van der Waals surface area contributed by atoms with Crippen molar-refractivity contribution in [1.29, 1.82) is 0 Å². The van der Waals surface area contributed by atoms with Gasteiger partial charge in [0.25, 0.3) is 0 Å². The van der Waals surface area contributed by atoms with Crippen LogP contribution < -0.4 is 11.1 Å². The zero-order valence-corrected chi connectivity index (χ0v) is 8.43. The van der Waals surface area contributed by atoms with E-state index >= 15 is 0 Å². The molecule has 0 spiro atoms. The van der Waals surface area contributed by atoms with E-state index in [9.17, 15) is 0 Å². The van der Waals surface area contributed by atoms with E-state index in [0.29, 0.717) is 11.7 Å². The van der Waals surface area contributed by atoms with Crippen molar-refractivity contribution in [3.05, 3.63) is 28.5 Å². The SMILES string of the molecule is Cc1cc(CNCCN)cc(Cl)n1. The first-order valence-electron chi connectivity index (χ1n) is 4.26. The monoisotopic (exact) mass is 199 g/mol. The van der Waals surface area contributed by atoms with Gasteiger partial charge in [-0.2, -0.15) is 0 Å². The number of halogens is 1. The van der Waals surface area contributed by atoms with Crippen molar-refractivity contribution >= 4 is 11.6 Å². The first-order chi connectivity index (χ1) is 6.22. The maximum atomic E-state index is 5.80. The average molecular weight is 200 g/mol. The molecule has 0 aliphatic rings. The molecular weight excluding hydrogens is 186 g/mol. The van der Waals surface area contributed by atoms with E-state index in [2.05, 4.69) is 10.3 Å². The third-order valence-corrected chi connectivity index (χ3v) is 1.83. The maximum absolute atomic E-state index is 5.80. The normalized spacial score (nSPS) is 10.4. The van der Waals surface area contributed by atoms with Crippen LogP contribution in [0.3, 0.4) is 0 Å². The van der Waals surface area contributed by atoms with E-state index in [4.69, 9.17) is 17.3 Å². The Morgan fingerprint density at radius 3 is 2.92 bits per heavy atom. The first kappa shape index (κ1) is 10.4. The van der Waals surface area contributed by atoms with Gasteiger partial charge in [0.05, 0.1) is 0 Å². The number of hydrogen-bond donors (Lipinski definition) is 2. The van der Waals surface area contributed by atoms with Gasteiger partial charge in [-0.15, -0.1) is 0 Å². The summed E-state index contributed by atoms with van der Waals surface area (Å²) in [6.07, 6.45) is 0. The van der Waals surface area contributed by atoms with Gasteiger partial charge < -0.3 is 11.1 Å². The first-order valence-corrected chi connectivity index (χ1v) is 4.64. The van der Waals surface area contributed by atoms with Crippen molar-refractivity contribution in [2.45, 2.75) is 13.5 Å². The molecule has 0 atom stereocenters. The predicted molar refractivity (Wildman–Crippen MR) is 54.7 cm³/mol. The predicted octanol–water partition coefficient (Wildman–Crippen LogP) is 1.09. The summed E-state index contributed by atoms with van der Waals surface area (Å²) >= 11 is 5.80. The smallest absolute Gasteiger partial charge is 0.129 e. The minimum Gasteiger partial charge on any atom is -0.329 e. The lowest BCUT2D eigenvalue weighted by molar-refractivity contribution is 0.694. The molecule has 1 rings (SSSR count). The van der Waals surface area contributed by atoms with Gasteiger partial charge >= 0.3 is 0 Å². The molecule has 0 saturated carbocycles. The minimum atomic E-state index is 0.546. The number of pyridine rings is 1. The molecule has 0 fully saturated rings. The molecule has 0 aliphatic heterocycles. The van der Waals surface area contributed by atoms with Crippen molar-refractivity contribution in [3.8, 4) is 0 Å². The van der Waals surface area contributed by atoms with Crippen LogP contribution in [-0.2, 0) is 6.54 Å². The van der Waals surface area contributed by atoms with E-state index < -0.39 is 0 Å². The number of nitrogens with two attached hydrogens (primary N) is 1. The zero-order chi connectivity index (χ0) is 9.68. The number of rotatable bonds is 4. The molecule has 13 heavy (non-hydrogen) atoms. The van der Waals surface area contributed by atoms with E-state index in [0.717, 1.165) is 24.3 Å². The Balaban J connectivity index is 2.56. The molecule has 1 aromatic heterocycles. The molecular formula is C9H14ClN3. The second kappa shape index (κ2) is 5.17.